The SMILES string of the molecule is CCCCON1C(=O)N2C[C@@H]1CC[C@H]2c1cc(CC2CN(/C(=N/C(=O)OC(C)(C)C)NC(=O)OC(C)(C)C)C2)on1. The van der Waals surface area contributed by atoms with Gasteiger partial charge in [0, 0.05) is 38.0 Å². The highest BCUT2D eigenvalue weighted by Crippen LogP contribution is 2.38. The number of alkyl carbamates (subject to hydrolysis) is 1. The van der Waals surface area contributed by atoms with Crippen molar-refractivity contribution in [1.29, 1.82) is 0 Å². The number of carbonyl (C=O) groups excluding carboxylic acids is 3. The van der Waals surface area contributed by atoms with Crippen LogP contribution in [-0.4, -0.2) is 87.7 Å². The van der Waals surface area contributed by atoms with Crippen LogP contribution in [-0.2, 0) is 20.7 Å². The highest BCUT2D eigenvalue weighted by Gasteiger charge is 2.47. The number of aliphatic imine (C=N–C) groups is 1. The summed E-state index contributed by atoms with van der Waals surface area (Å²) in [6.07, 6.45) is 2.69. The van der Waals surface area contributed by atoms with Crippen LogP contribution in [0.4, 0.5) is 14.4 Å². The molecule has 13 nitrogen and oxygen atoms in total. The van der Waals surface area contributed by atoms with E-state index in [0.29, 0.717) is 32.7 Å². The molecule has 228 valence electrons. The van der Waals surface area contributed by atoms with Crippen LogP contribution in [0.1, 0.15) is 91.6 Å². The van der Waals surface area contributed by atoms with E-state index in [1.165, 1.54) is 0 Å². The van der Waals surface area contributed by atoms with Crippen molar-refractivity contribution in [1.82, 2.24) is 25.3 Å². The summed E-state index contributed by atoms with van der Waals surface area (Å²) in [4.78, 5) is 51.2. The number of likely N-dealkylation sites (tertiary alicyclic amines) is 1. The number of hydroxylamine groups is 2. The van der Waals surface area contributed by atoms with E-state index in [4.69, 9.17) is 18.8 Å². The Morgan fingerprint density at radius 2 is 1.80 bits per heavy atom. The lowest BCUT2D eigenvalue weighted by Gasteiger charge is -2.40. The Hall–Kier alpha value is -3.35. The van der Waals surface area contributed by atoms with Crippen LogP contribution >= 0.6 is 0 Å². The maximum Gasteiger partial charge on any atom is 0.437 e. The maximum absolute atomic E-state index is 13.0. The van der Waals surface area contributed by atoms with Crippen LogP contribution in [0, 0.1) is 5.92 Å². The summed E-state index contributed by atoms with van der Waals surface area (Å²) in [5, 5.41) is 8.44. The molecule has 3 aliphatic heterocycles. The van der Waals surface area contributed by atoms with Crippen molar-refractivity contribution >= 4 is 24.2 Å². The smallest absolute Gasteiger partial charge is 0.437 e. The van der Waals surface area contributed by atoms with Crippen LogP contribution in [0.25, 0.3) is 0 Å². The van der Waals surface area contributed by atoms with Gasteiger partial charge in [-0.3, -0.25) is 10.2 Å². The first kappa shape index (κ1) is 30.6. The summed E-state index contributed by atoms with van der Waals surface area (Å²) in [5.74, 6) is 0.991. The fraction of sp³-hybridized carbons (Fsp3) is 0.750. The van der Waals surface area contributed by atoms with E-state index < -0.39 is 23.4 Å². The molecule has 4 heterocycles. The molecule has 1 aromatic rings. The van der Waals surface area contributed by atoms with Crippen LogP contribution in [0.2, 0.25) is 0 Å². The average molecular weight is 577 g/mol. The second-order valence-corrected chi connectivity index (χ2v) is 12.9. The van der Waals surface area contributed by atoms with E-state index in [9.17, 15) is 14.4 Å². The molecular formula is C28H44N6O7. The zero-order valence-electron chi connectivity index (χ0n) is 25.3. The Balaban J connectivity index is 1.34. The molecule has 1 aromatic heterocycles. The van der Waals surface area contributed by atoms with Gasteiger partial charge in [0.1, 0.15) is 22.7 Å². The summed E-state index contributed by atoms with van der Waals surface area (Å²) in [5.41, 5.74) is -0.683. The predicted molar refractivity (Wildman–Crippen MR) is 149 cm³/mol. The topological polar surface area (TPSA) is 139 Å². The number of fused-ring (bicyclic) bond motifs is 2. The first-order chi connectivity index (χ1) is 19.2. The number of hydrogen-bond acceptors (Lipinski definition) is 8. The van der Waals surface area contributed by atoms with Crippen LogP contribution in [0.15, 0.2) is 15.6 Å². The van der Waals surface area contributed by atoms with Crippen molar-refractivity contribution in [3.63, 3.8) is 0 Å². The summed E-state index contributed by atoms with van der Waals surface area (Å²) in [6, 6.07) is 1.76. The molecule has 13 heteroatoms. The minimum absolute atomic E-state index is 0.0776. The third kappa shape index (κ3) is 8.11. The van der Waals surface area contributed by atoms with Gasteiger partial charge in [-0.1, -0.05) is 18.5 Å². The number of piperidine rings is 1. The van der Waals surface area contributed by atoms with Gasteiger partial charge in [-0.25, -0.2) is 14.4 Å². The number of nitrogens with zero attached hydrogens (tertiary/aromatic N) is 5. The number of rotatable bonds is 7. The number of guanidine groups is 1. The quantitative estimate of drug-likeness (QED) is 0.279. The molecule has 0 saturated carbocycles. The number of amides is 4. The molecule has 1 N–H and O–H groups in total. The minimum Gasteiger partial charge on any atom is -0.444 e. The number of urea groups is 1. The first-order valence-electron chi connectivity index (χ1n) is 14.5. The lowest BCUT2D eigenvalue weighted by Crippen LogP contribution is -2.56. The summed E-state index contributed by atoms with van der Waals surface area (Å²) >= 11 is 0. The van der Waals surface area contributed by atoms with Gasteiger partial charge in [0.2, 0.25) is 5.96 Å². The second kappa shape index (κ2) is 12.3. The Bertz CT molecular complexity index is 1130. The van der Waals surface area contributed by atoms with Gasteiger partial charge >= 0.3 is 18.2 Å². The lowest BCUT2D eigenvalue weighted by atomic mass is 9.94. The zero-order valence-corrected chi connectivity index (χ0v) is 25.3. The second-order valence-electron chi connectivity index (χ2n) is 12.9. The van der Waals surface area contributed by atoms with Gasteiger partial charge < -0.3 is 23.8 Å². The fourth-order valence-corrected chi connectivity index (χ4v) is 5.10. The van der Waals surface area contributed by atoms with Gasteiger partial charge in [0.25, 0.3) is 0 Å². The molecule has 2 bridgehead atoms. The van der Waals surface area contributed by atoms with Crippen molar-refractivity contribution in [2.75, 3.05) is 26.2 Å². The molecule has 3 saturated heterocycles. The third-order valence-corrected chi connectivity index (χ3v) is 6.92. The summed E-state index contributed by atoms with van der Waals surface area (Å²) < 4.78 is 16.3. The first-order valence-corrected chi connectivity index (χ1v) is 14.5. The fourth-order valence-electron chi connectivity index (χ4n) is 5.10. The lowest BCUT2D eigenvalue weighted by molar-refractivity contribution is -0.130. The Labute approximate surface area is 241 Å². The van der Waals surface area contributed by atoms with Crippen LogP contribution in [0.5, 0.6) is 0 Å². The molecule has 0 spiro atoms. The molecule has 41 heavy (non-hydrogen) atoms. The van der Waals surface area contributed by atoms with E-state index in [-0.39, 0.29) is 30.0 Å². The molecule has 0 aromatic carbocycles. The van der Waals surface area contributed by atoms with Crippen molar-refractivity contribution in [2.24, 2.45) is 10.9 Å². The Kier molecular flexibility index (Phi) is 9.15. The number of unbranched alkanes of at least 4 members (excludes halogenated alkanes) is 1. The Morgan fingerprint density at radius 3 is 2.46 bits per heavy atom. The monoisotopic (exact) mass is 576 g/mol. The highest BCUT2D eigenvalue weighted by molar-refractivity contribution is 5.99. The number of hydrogen-bond donors (Lipinski definition) is 1. The predicted octanol–water partition coefficient (Wildman–Crippen LogP) is 4.64. The van der Waals surface area contributed by atoms with Crippen LogP contribution in [0.3, 0.4) is 0 Å². The highest BCUT2D eigenvalue weighted by atomic mass is 16.7. The number of aromatic nitrogens is 1. The van der Waals surface area contributed by atoms with Crippen molar-refractivity contribution < 1.29 is 33.2 Å². The van der Waals surface area contributed by atoms with E-state index >= 15 is 0 Å². The van der Waals surface area contributed by atoms with Crippen LogP contribution < -0.4 is 5.32 Å². The standard InChI is InChI=1S/C28H44N6O7/c1-8-9-12-38-34-19-10-11-22(33(17-19)26(34)37)21-14-20(41-31-21)13-18-15-32(16-18)23(29-24(35)39-27(2,3)4)30-25(36)40-28(5,6)7/h14,18-19,22H,8-13,15-17H2,1-7H3,(H,29,30,35,36)/t19-,22-/m0/s1. The number of nitrogens with one attached hydrogen (secondary N) is 1. The largest absolute Gasteiger partial charge is 0.444 e. The van der Waals surface area contributed by atoms with E-state index in [2.05, 4.69) is 22.4 Å². The number of ether oxygens (including phenoxy) is 2. The molecular weight excluding hydrogens is 532 g/mol. The number of carbonyl (C=O) groups is 3. The van der Waals surface area contributed by atoms with Gasteiger partial charge in [0.15, 0.2) is 0 Å². The van der Waals surface area contributed by atoms with Crippen molar-refractivity contribution in [2.45, 2.75) is 104 Å². The van der Waals surface area contributed by atoms with Crippen molar-refractivity contribution in [3.05, 3.63) is 17.5 Å². The zero-order chi connectivity index (χ0) is 29.9. The van der Waals surface area contributed by atoms with Gasteiger partial charge in [-0.2, -0.15) is 5.06 Å². The van der Waals surface area contributed by atoms with E-state index in [0.717, 1.165) is 37.1 Å². The molecule has 0 radical (unpaired) electrons. The maximum atomic E-state index is 13.0. The molecule has 4 amide bonds. The Morgan fingerprint density at radius 1 is 1.10 bits per heavy atom. The van der Waals surface area contributed by atoms with Gasteiger partial charge in [-0.15, -0.1) is 4.99 Å². The third-order valence-electron chi connectivity index (χ3n) is 6.92. The molecule has 0 aliphatic carbocycles. The van der Waals surface area contributed by atoms with Gasteiger partial charge in [0.05, 0.1) is 18.7 Å². The molecule has 3 fully saturated rings. The summed E-state index contributed by atoms with van der Waals surface area (Å²) in [7, 11) is 0. The average Bonchev–Trinajstić information content (AvgIpc) is 3.37. The summed E-state index contributed by atoms with van der Waals surface area (Å²) in [6.45, 7) is 14.8. The van der Waals surface area contributed by atoms with Gasteiger partial charge in [-0.05, 0) is 60.8 Å². The normalized spacial score (nSPS) is 21.7. The van der Waals surface area contributed by atoms with E-state index in [1.807, 2.05) is 11.0 Å². The van der Waals surface area contributed by atoms with Crippen molar-refractivity contribution in [3.8, 4) is 0 Å². The minimum atomic E-state index is -0.799. The molecule has 0 unspecified atom stereocenters. The van der Waals surface area contributed by atoms with E-state index in [1.54, 1.807) is 51.5 Å². The molecule has 3 aliphatic rings. The molecule has 4 rings (SSSR count). The molecule has 2 atom stereocenters.